The fourth-order valence-corrected chi connectivity index (χ4v) is 0.134. The van der Waals surface area contributed by atoms with E-state index in [1.54, 1.807) is 0 Å². The van der Waals surface area contributed by atoms with E-state index in [0.717, 1.165) is 0 Å². The molecule has 0 amide bonds. The molecule has 0 radical (unpaired) electrons. The van der Waals surface area contributed by atoms with Crippen molar-refractivity contribution >= 4 is 0 Å². The summed E-state index contributed by atoms with van der Waals surface area (Å²) in [4.78, 5) is 0. The lowest BCUT2D eigenvalue weighted by Gasteiger charge is -2.05. The van der Waals surface area contributed by atoms with Gasteiger partial charge in [-0.2, -0.15) is 13.2 Å². The van der Waals surface area contributed by atoms with Gasteiger partial charge >= 0.3 is 6.18 Å². The van der Waals surface area contributed by atoms with Gasteiger partial charge in [0.15, 0.2) is 0 Å². The Morgan fingerprint density at radius 2 is 1.75 bits per heavy atom. The molecule has 0 saturated heterocycles. The Hall–Kier alpha value is -0.540. The first-order valence-electron chi connectivity index (χ1n) is 1.82. The molecule has 0 N–H and O–H groups in total. The van der Waals surface area contributed by atoms with Crippen LogP contribution >= 0.6 is 0 Å². The number of alkyl halides is 4. The number of allylic oxidation sites excluding steroid dienone is 1. The fraction of sp³-hybridized carbons (Fsp3) is 0.500. The monoisotopic (exact) mass is 128 g/mol. The molecule has 0 nitrogen and oxygen atoms in total. The van der Waals surface area contributed by atoms with Crippen molar-refractivity contribution < 1.29 is 17.6 Å². The van der Waals surface area contributed by atoms with Crippen LogP contribution in [0.25, 0.3) is 0 Å². The summed E-state index contributed by atoms with van der Waals surface area (Å²) in [5.74, 6) is 0. The van der Waals surface area contributed by atoms with Crippen molar-refractivity contribution in [2.75, 3.05) is 0 Å². The molecular weight excluding hydrogens is 124 g/mol. The summed E-state index contributed by atoms with van der Waals surface area (Å²) in [7, 11) is 0. The fourth-order valence-electron chi connectivity index (χ4n) is 0.134. The smallest absolute Gasteiger partial charge is 0.233 e. The third-order valence-electron chi connectivity index (χ3n) is 0.520. The van der Waals surface area contributed by atoms with Crippen LogP contribution in [0.1, 0.15) is 0 Å². The molecule has 0 aromatic heterocycles. The molecule has 0 heterocycles. The van der Waals surface area contributed by atoms with Crippen LogP contribution in [0.5, 0.6) is 0 Å². The molecule has 4 heteroatoms. The maximum atomic E-state index is 11.4. The molecule has 0 spiro atoms. The van der Waals surface area contributed by atoms with Crippen molar-refractivity contribution in [3.8, 4) is 0 Å². The minimum atomic E-state index is -4.78. The summed E-state index contributed by atoms with van der Waals surface area (Å²) in [6, 6.07) is 0. The van der Waals surface area contributed by atoms with Crippen LogP contribution in [0.4, 0.5) is 17.6 Å². The van der Waals surface area contributed by atoms with E-state index in [0.29, 0.717) is 0 Å². The zero-order valence-corrected chi connectivity index (χ0v) is 3.87. The van der Waals surface area contributed by atoms with E-state index in [2.05, 4.69) is 6.58 Å². The Morgan fingerprint density at radius 3 is 1.75 bits per heavy atom. The van der Waals surface area contributed by atoms with Gasteiger partial charge < -0.3 is 0 Å². The SMILES string of the molecule is C=CC(F)C(F)(F)F. The van der Waals surface area contributed by atoms with Crippen LogP contribution < -0.4 is 0 Å². The number of halogens is 4. The number of hydrogen-bond acceptors (Lipinski definition) is 0. The second kappa shape index (κ2) is 2.15. The molecule has 0 bridgehead atoms. The first-order valence-corrected chi connectivity index (χ1v) is 1.82. The van der Waals surface area contributed by atoms with Crippen molar-refractivity contribution in [3.63, 3.8) is 0 Å². The predicted octanol–water partition coefficient (Wildman–Crippen LogP) is 2.07. The Bertz CT molecular complexity index is 82.5. The third-order valence-corrected chi connectivity index (χ3v) is 0.520. The normalized spacial score (nSPS) is 15.5. The molecule has 0 aromatic rings. The molecule has 0 aliphatic heterocycles. The highest BCUT2D eigenvalue weighted by molar-refractivity contribution is 4.84. The van der Waals surface area contributed by atoms with Crippen LogP contribution in [-0.4, -0.2) is 12.3 Å². The molecule has 0 rings (SSSR count). The highest BCUT2D eigenvalue weighted by Crippen LogP contribution is 2.22. The van der Waals surface area contributed by atoms with Gasteiger partial charge in [0.2, 0.25) is 6.17 Å². The number of rotatable bonds is 1. The molecule has 48 valence electrons. The molecule has 1 atom stereocenters. The van der Waals surface area contributed by atoms with E-state index < -0.39 is 12.3 Å². The van der Waals surface area contributed by atoms with Crippen LogP contribution in [0.3, 0.4) is 0 Å². The standard InChI is InChI=1S/C4H4F4/c1-2-3(5)4(6,7)8/h2-3H,1H2. The van der Waals surface area contributed by atoms with E-state index in [1.807, 2.05) is 0 Å². The first kappa shape index (κ1) is 7.46. The van der Waals surface area contributed by atoms with Gasteiger partial charge in [0, 0.05) is 0 Å². The molecule has 8 heavy (non-hydrogen) atoms. The molecule has 0 fully saturated rings. The predicted molar refractivity (Wildman–Crippen MR) is 21.1 cm³/mol. The molecule has 1 unspecified atom stereocenters. The minimum Gasteiger partial charge on any atom is -0.233 e. The van der Waals surface area contributed by atoms with Gasteiger partial charge in [-0.25, -0.2) is 4.39 Å². The highest BCUT2D eigenvalue weighted by atomic mass is 19.4. The number of hydrogen-bond donors (Lipinski definition) is 0. The summed E-state index contributed by atoms with van der Waals surface area (Å²) in [6.45, 7) is 2.63. The van der Waals surface area contributed by atoms with Crippen LogP contribution in [0, 0.1) is 0 Å². The second-order valence-electron chi connectivity index (χ2n) is 1.18. The average Bonchev–Trinajstić information content (AvgIpc) is 1.62. The van der Waals surface area contributed by atoms with Crippen molar-refractivity contribution in [2.45, 2.75) is 12.3 Å². The van der Waals surface area contributed by atoms with Gasteiger partial charge in [-0.1, -0.05) is 6.58 Å². The van der Waals surface area contributed by atoms with E-state index in [-0.39, 0.29) is 6.08 Å². The van der Waals surface area contributed by atoms with Crippen molar-refractivity contribution in [3.05, 3.63) is 12.7 Å². The van der Waals surface area contributed by atoms with Gasteiger partial charge in [-0.15, -0.1) is 0 Å². The lowest BCUT2D eigenvalue weighted by atomic mass is 10.4. The minimum absolute atomic E-state index is 0.208. The van der Waals surface area contributed by atoms with E-state index in [9.17, 15) is 17.6 Å². The maximum Gasteiger partial charge on any atom is 0.423 e. The average molecular weight is 128 g/mol. The van der Waals surface area contributed by atoms with Crippen molar-refractivity contribution in [1.82, 2.24) is 0 Å². The summed E-state index contributed by atoms with van der Waals surface area (Å²) < 4.78 is 44.4. The van der Waals surface area contributed by atoms with Crippen molar-refractivity contribution in [2.24, 2.45) is 0 Å². The first-order chi connectivity index (χ1) is 3.48. The molecule has 0 aromatic carbocycles. The molecular formula is C4H4F4. The van der Waals surface area contributed by atoms with E-state index >= 15 is 0 Å². The summed E-state index contributed by atoms with van der Waals surface area (Å²) >= 11 is 0. The Labute approximate surface area is 43.8 Å². The van der Waals surface area contributed by atoms with E-state index in [4.69, 9.17) is 0 Å². The zero-order valence-electron chi connectivity index (χ0n) is 3.87. The maximum absolute atomic E-state index is 11.4. The van der Waals surface area contributed by atoms with Crippen LogP contribution in [0.2, 0.25) is 0 Å². The summed E-state index contributed by atoms with van der Waals surface area (Å²) in [5, 5.41) is 0. The zero-order chi connectivity index (χ0) is 6.78. The summed E-state index contributed by atoms with van der Waals surface area (Å²) in [5.41, 5.74) is 0. The third kappa shape index (κ3) is 1.95. The lowest BCUT2D eigenvalue weighted by molar-refractivity contribution is -0.166. The molecule has 0 aliphatic carbocycles. The van der Waals surface area contributed by atoms with Crippen LogP contribution in [-0.2, 0) is 0 Å². The Morgan fingerprint density at radius 1 is 1.38 bits per heavy atom. The lowest BCUT2D eigenvalue weighted by Crippen LogP contribution is -2.21. The van der Waals surface area contributed by atoms with Gasteiger partial charge in [0.05, 0.1) is 0 Å². The van der Waals surface area contributed by atoms with Gasteiger partial charge in [0.1, 0.15) is 0 Å². The quantitative estimate of drug-likeness (QED) is 0.374. The van der Waals surface area contributed by atoms with Gasteiger partial charge in [0.25, 0.3) is 0 Å². The van der Waals surface area contributed by atoms with Gasteiger partial charge in [-0.3, -0.25) is 0 Å². The van der Waals surface area contributed by atoms with E-state index in [1.165, 1.54) is 0 Å². The Balaban J connectivity index is 3.80. The topological polar surface area (TPSA) is 0 Å². The highest BCUT2D eigenvalue weighted by Gasteiger charge is 2.37. The van der Waals surface area contributed by atoms with Crippen LogP contribution in [0.15, 0.2) is 12.7 Å². The Kier molecular flexibility index (Phi) is 2.01. The van der Waals surface area contributed by atoms with Crippen molar-refractivity contribution in [1.29, 1.82) is 0 Å². The second-order valence-corrected chi connectivity index (χ2v) is 1.18. The largest absolute Gasteiger partial charge is 0.423 e. The molecule has 0 aliphatic rings. The molecule has 0 saturated carbocycles. The van der Waals surface area contributed by atoms with Gasteiger partial charge in [-0.05, 0) is 6.08 Å². The summed E-state index contributed by atoms with van der Waals surface area (Å²) in [6.07, 6.45) is -7.45.